The lowest BCUT2D eigenvalue weighted by atomic mass is 9.84. The Labute approximate surface area is 384 Å². The number of nitrogens with one attached hydrogen (secondary N) is 5. The molecule has 5 N–H and O–H groups in total. The van der Waals surface area contributed by atoms with Crippen LogP contribution in [0.5, 0.6) is 0 Å². The fourth-order valence-electron chi connectivity index (χ4n) is 11.5. The average Bonchev–Trinajstić information content (AvgIpc) is 4.21. The number of alkyl carbamates (subject to hydrolysis) is 2. The zero-order chi connectivity index (χ0) is 46.0. The van der Waals surface area contributed by atoms with Crippen LogP contribution in [0.15, 0.2) is 84.9 Å². The minimum atomic E-state index is -0.703. The summed E-state index contributed by atoms with van der Waals surface area (Å²) in [7, 11) is 2.63. The number of hydrogen-bond acceptors (Lipinski definition) is 9. The Kier molecular flexibility index (Phi) is 11.2. The number of likely N-dealkylation sites (tertiary alicyclic amines) is 1. The van der Waals surface area contributed by atoms with E-state index < -0.39 is 29.8 Å². The summed E-state index contributed by atoms with van der Waals surface area (Å²) in [6, 6.07) is 28.3. The lowest BCUT2D eigenvalue weighted by molar-refractivity contribution is -0.139. The number of aromatic amines is 2. The van der Waals surface area contributed by atoms with E-state index >= 15 is 0 Å². The molecule has 2 aliphatic carbocycles. The van der Waals surface area contributed by atoms with Gasteiger partial charge in [0.1, 0.15) is 17.7 Å². The molecule has 4 fully saturated rings. The number of Topliss-reactive ketones (excluding diaryl/α,β-unsaturated/α-hetero) is 1. The molecule has 14 nitrogen and oxygen atoms in total. The Balaban J connectivity index is 0.819. The molecule has 0 spiro atoms. The molecule has 6 aromatic rings. The van der Waals surface area contributed by atoms with E-state index in [-0.39, 0.29) is 47.6 Å². The molecule has 4 bridgehead atoms. The number of piperidine rings is 2. The van der Waals surface area contributed by atoms with Gasteiger partial charge in [-0.1, -0.05) is 88.4 Å². The molecule has 2 aliphatic heterocycles. The van der Waals surface area contributed by atoms with Gasteiger partial charge in [-0.25, -0.2) is 19.6 Å². The number of H-pyrrole nitrogens is 2. The molecule has 4 aliphatic rings. The second kappa shape index (κ2) is 17.0. The molecule has 10 rings (SSSR count). The molecule has 342 valence electrons. The molecule has 2 saturated heterocycles. The van der Waals surface area contributed by atoms with Crippen LogP contribution in [0.1, 0.15) is 90.0 Å². The highest BCUT2D eigenvalue weighted by Gasteiger charge is 2.57. The largest absolute Gasteiger partial charge is 0.453 e. The fraction of sp³-hybridized carbons (Fsp3) is 0.423. The minimum Gasteiger partial charge on any atom is -0.453 e. The van der Waals surface area contributed by atoms with Gasteiger partial charge in [0.25, 0.3) is 0 Å². The number of rotatable bonds is 12. The zero-order valence-electron chi connectivity index (χ0n) is 38.3. The van der Waals surface area contributed by atoms with Gasteiger partial charge >= 0.3 is 12.2 Å². The van der Waals surface area contributed by atoms with E-state index in [0.29, 0.717) is 12.3 Å². The zero-order valence-corrected chi connectivity index (χ0v) is 38.3. The topological polar surface area (TPSA) is 183 Å². The Morgan fingerprint density at radius 2 is 1.15 bits per heavy atom. The standard InChI is InChI=1S/C52H58N8O6/c1-27(2)42(57-50(63)65-5)46(61)52-22-21-36(26-52)44(59-52)47-53-38-19-16-33(24-40(38)55-47)31-11-7-29(8-12-31)30-9-13-32(14-10-30)34-17-20-39-41(25-34)56-48(54-39)45-35-15-18-37(23-35)60(45)49(62)43(28(3)4)58-51(64)66-6/h7-14,16-17,19-20,24-25,27-28,35-37,42-45,59H,15,18,21-23,26H2,1-6H3,(H,53,55)(H,54,56)(H,57,63)(H,58,64). The lowest BCUT2D eigenvalue weighted by Gasteiger charge is -2.37. The Hall–Kier alpha value is -6.54. The fourth-order valence-corrected chi connectivity index (χ4v) is 11.5. The molecule has 14 heteroatoms. The number of ketones is 1. The van der Waals surface area contributed by atoms with Crippen molar-refractivity contribution >= 4 is 45.9 Å². The van der Waals surface area contributed by atoms with E-state index in [4.69, 9.17) is 19.4 Å². The van der Waals surface area contributed by atoms with Gasteiger partial charge in [-0.05, 0) is 120 Å². The normalized spacial score (nSPS) is 24.1. The highest BCUT2D eigenvalue weighted by molar-refractivity contribution is 5.96. The summed E-state index contributed by atoms with van der Waals surface area (Å²) in [5.74, 6) is 1.95. The summed E-state index contributed by atoms with van der Waals surface area (Å²) in [4.78, 5) is 71.4. The van der Waals surface area contributed by atoms with E-state index in [0.717, 1.165) is 99.2 Å². The molecule has 8 unspecified atom stereocenters. The van der Waals surface area contributed by atoms with Gasteiger partial charge in [-0.2, -0.15) is 0 Å². The van der Waals surface area contributed by atoms with Crippen LogP contribution in [0.4, 0.5) is 9.59 Å². The van der Waals surface area contributed by atoms with Crippen molar-refractivity contribution in [1.29, 1.82) is 0 Å². The molecule has 0 radical (unpaired) electrons. The van der Waals surface area contributed by atoms with Crippen molar-refractivity contribution in [1.82, 2.24) is 40.8 Å². The van der Waals surface area contributed by atoms with Crippen LogP contribution < -0.4 is 16.0 Å². The molecule has 4 aromatic carbocycles. The first-order valence-electron chi connectivity index (χ1n) is 23.4. The quantitative estimate of drug-likeness (QED) is 0.0801. The second-order valence-corrected chi connectivity index (χ2v) is 19.6. The van der Waals surface area contributed by atoms with E-state index in [2.05, 4.69) is 98.7 Å². The molecular weight excluding hydrogens is 833 g/mol. The van der Waals surface area contributed by atoms with Gasteiger partial charge in [0.2, 0.25) is 5.91 Å². The Morgan fingerprint density at radius 3 is 1.70 bits per heavy atom. The molecule has 4 heterocycles. The van der Waals surface area contributed by atoms with Gasteiger partial charge in [-0.3, -0.25) is 14.9 Å². The maximum atomic E-state index is 14.0. The van der Waals surface area contributed by atoms with E-state index in [9.17, 15) is 19.2 Å². The van der Waals surface area contributed by atoms with Crippen LogP contribution in [0.2, 0.25) is 0 Å². The summed E-state index contributed by atoms with van der Waals surface area (Å²) in [6.45, 7) is 7.75. The number of imidazole rings is 2. The van der Waals surface area contributed by atoms with Crippen LogP contribution in [-0.2, 0) is 19.1 Å². The van der Waals surface area contributed by atoms with Crippen LogP contribution >= 0.6 is 0 Å². The van der Waals surface area contributed by atoms with Crippen LogP contribution in [0.25, 0.3) is 55.4 Å². The third-order valence-electron chi connectivity index (χ3n) is 14.9. The van der Waals surface area contributed by atoms with Crippen molar-refractivity contribution in [3.63, 3.8) is 0 Å². The van der Waals surface area contributed by atoms with Crippen molar-refractivity contribution in [3.8, 4) is 33.4 Å². The number of amides is 3. The van der Waals surface area contributed by atoms with Gasteiger partial charge in [0.15, 0.2) is 5.78 Å². The van der Waals surface area contributed by atoms with Crippen molar-refractivity contribution < 1.29 is 28.7 Å². The smallest absolute Gasteiger partial charge is 0.407 e. The summed E-state index contributed by atoms with van der Waals surface area (Å²) >= 11 is 0. The third kappa shape index (κ3) is 7.68. The third-order valence-corrected chi connectivity index (χ3v) is 14.9. The monoisotopic (exact) mass is 890 g/mol. The maximum Gasteiger partial charge on any atom is 0.407 e. The SMILES string of the molecule is COC(=O)NC(C(=O)N1C2CCC(C2)C1c1nc2ccc(-c3ccc(-c4ccc(-c5ccc6nc(C7NC8(C(=O)C(NC(=O)OC)C(C)C)CCC7C8)[nH]c6c5)cc4)cc3)cc2[nH]1)C(C)C. The number of benzene rings is 4. The first-order chi connectivity index (χ1) is 31.8. The van der Waals surface area contributed by atoms with Crippen LogP contribution in [0.3, 0.4) is 0 Å². The molecule has 2 aromatic heterocycles. The Bertz CT molecular complexity index is 2830. The number of hydrogen-bond donors (Lipinski definition) is 5. The van der Waals surface area contributed by atoms with Crippen LogP contribution in [-0.4, -0.2) is 86.6 Å². The molecule has 3 amide bonds. The molecule has 8 atom stereocenters. The number of methoxy groups -OCH3 is 2. The van der Waals surface area contributed by atoms with Gasteiger partial charge in [-0.15, -0.1) is 0 Å². The number of nitrogens with zero attached hydrogens (tertiary/aromatic N) is 3. The van der Waals surface area contributed by atoms with Crippen molar-refractivity contribution in [2.45, 2.75) is 102 Å². The highest BCUT2D eigenvalue weighted by atomic mass is 16.5. The number of fused-ring (bicyclic) bond motifs is 6. The predicted octanol–water partition coefficient (Wildman–Crippen LogP) is 9.01. The van der Waals surface area contributed by atoms with Gasteiger partial charge in [0.05, 0.1) is 60.0 Å². The summed E-state index contributed by atoms with van der Waals surface area (Å²) in [5.41, 5.74) is 9.44. The summed E-state index contributed by atoms with van der Waals surface area (Å²) in [5, 5.41) is 9.21. The Morgan fingerprint density at radius 1 is 0.652 bits per heavy atom. The van der Waals surface area contributed by atoms with Crippen molar-refractivity contribution in [2.24, 2.45) is 23.7 Å². The number of carbonyl (C=O) groups excluding carboxylic acids is 4. The molecule has 2 saturated carbocycles. The molecule has 66 heavy (non-hydrogen) atoms. The summed E-state index contributed by atoms with van der Waals surface area (Å²) in [6.07, 6.45) is 4.10. The maximum absolute atomic E-state index is 14.0. The van der Waals surface area contributed by atoms with E-state index in [1.165, 1.54) is 14.2 Å². The predicted molar refractivity (Wildman–Crippen MR) is 252 cm³/mol. The number of carbonyl (C=O) groups is 4. The van der Waals surface area contributed by atoms with Crippen molar-refractivity contribution in [3.05, 3.63) is 96.6 Å². The first kappa shape index (κ1) is 43.4. The first-order valence-corrected chi connectivity index (χ1v) is 23.4. The van der Waals surface area contributed by atoms with Crippen molar-refractivity contribution in [2.75, 3.05) is 14.2 Å². The minimum absolute atomic E-state index is 0.0106. The number of aromatic nitrogens is 4. The lowest BCUT2D eigenvalue weighted by Crippen LogP contribution is -2.58. The van der Waals surface area contributed by atoms with E-state index in [1.807, 2.05) is 44.7 Å². The van der Waals surface area contributed by atoms with Gasteiger partial charge < -0.3 is 35.0 Å². The van der Waals surface area contributed by atoms with E-state index in [1.54, 1.807) is 0 Å². The highest BCUT2D eigenvalue weighted by Crippen LogP contribution is 2.51. The van der Waals surface area contributed by atoms with Crippen LogP contribution in [0, 0.1) is 23.7 Å². The summed E-state index contributed by atoms with van der Waals surface area (Å²) < 4.78 is 9.67. The molecular formula is C52H58N8O6. The van der Waals surface area contributed by atoms with Gasteiger partial charge in [0, 0.05) is 6.04 Å². The second-order valence-electron chi connectivity index (χ2n) is 19.6. The average molecular weight is 891 g/mol. The number of ether oxygens (including phenoxy) is 2.